The van der Waals surface area contributed by atoms with E-state index >= 15 is 0 Å². The lowest BCUT2D eigenvalue weighted by atomic mass is 10.1. The fourth-order valence-electron chi connectivity index (χ4n) is 3.03. The highest BCUT2D eigenvalue weighted by molar-refractivity contribution is 7.18. The number of nitrogens with one attached hydrogen (secondary N) is 1. The number of carbonyl (C=O) groups excluding carboxylic acids is 2. The maximum Gasteiger partial charge on any atom is 0.264 e. The second-order valence-electron chi connectivity index (χ2n) is 6.62. The van der Waals surface area contributed by atoms with Crippen LogP contribution in [-0.4, -0.2) is 50.4 Å². The molecule has 3 rings (SSSR count). The highest BCUT2D eigenvalue weighted by atomic mass is 32.1. The summed E-state index contributed by atoms with van der Waals surface area (Å²) < 4.78 is 0. The average molecular weight is 335 g/mol. The number of fused-ring (bicyclic) bond motifs is 1. The molecule has 0 unspecified atom stereocenters. The number of aryl methyl sites for hydroxylation is 1. The van der Waals surface area contributed by atoms with Gasteiger partial charge in [-0.2, -0.15) is 0 Å². The topological polar surface area (TPSA) is 52.7 Å². The molecule has 1 N–H and O–H groups in total. The summed E-state index contributed by atoms with van der Waals surface area (Å²) in [5.41, 5.74) is 1.31. The Balaban J connectivity index is 1.76. The van der Waals surface area contributed by atoms with E-state index < -0.39 is 0 Å². The number of amides is 2. The minimum absolute atomic E-state index is 0.0574. The van der Waals surface area contributed by atoms with E-state index in [0.717, 1.165) is 30.3 Å². The number of anilines is 1. The maximum absolute atomic E-state index is 12.6. The summed E-state index contributed by atoms with van der Waals surface area (Å²) in [5, 5.41) is 3.84. The smallest absolute Gasteiger partial charge is 0.264 e. The van der Waals surface area contributed by atoms with Gasteiger partial charge in [0, 0.05) is 27.2 Å². The van der Waals surface area contributed by atoms with Crippen LogP contribution in [0.4, 0.5) is 5.00 Å². The van der Waals surface area contributed by atoms with E-state index in [9.17, 15) is 9.59 Å². The Bertz CT molecular complexity index is 595. The van der Waals surface area contributed by atoms with Crippen molar-refractivity contribution in [2.45, 2.75) is 32.1 Å². The highest BCUT2D eigenvalue weighted by Crippen LogP contribution is 2.39. The number of carbonyl (C=O) groups is 2. The quantitative estimate of drug-likeness (QED) is 0.897. The monoisotopic (exact) mass is 335 g/mol. The van der Waals surface area contributed by atoms with E-state index in [1.54, 1.807) is 25.4 Å². The van der Waals surface area contributed by atoms with Crippen LogP contribution in [0.25, 0.3) is 0 Å². The van der Waals surface area contributed by atoms with Crippen molar-refractivity contribution in [2.24, 2.45) is 5.92 Å². The van der Waals surface area contributed by atoms with Crippen molar-refractivity contribution in [1.82, 2.24) is 10.2 Å². The summed E-state index contributed by atoms with van der Waals surface area (Å²) in [4.78, 5) is 28.8. The molecule has 5 nitrogen and oxygen atoms in total. The van der Waals surface area contributed by atoms with Crippen LogP contribution in [0.1, 0.15) is 40.9 Å². The molecule has 1 aliphatic carbocycles. The molecule has 1 aromatic heterocycles. The second kappa shape index (κ2) is 6.91. The van der Waals surface area contributed by atoms with Crippen molar-refractivity contribution in [3.8, 4) is 0 Å². The normalized spacial score (nSPS) is 17.4. The van der Waals surface area contributed by atoms with Gasteiger partial charge in [0.15, 0.2) is 0 Å². The molecule has 0 saturated heterocycles. The van der Waals surface area contributed by atoms with Crippen molar-refractivity contribution >= 4 is 28.2 Å². The molecule has 2 aliphatic rings. The summed E-state index contributed by atoms with van der Waals surface area (Å²) in [5.74, 6) is 0.644. The zero-order chi connectivity index (χ0) is 16.4. The highest BCUT2D eigenvalue weighted by Gasteiger charge is 2.28. The molecule has 0 radical (unpaired) electrons. The van der Waals surface area contributed by atoms with Gasteiger partial charge in [0.05, 0.1) is 16.4 Å². The molecule has 6 heteroatoms. The first-order valence-corrected chi connectivity index (χ1v) is 9.24. The van der Waals surface area contributed by atoms with Crippen LogP contribution in [-0.2, 0) is 11.2 Å². The fourth-order valence-corrected chi connectivity index (χ4v) is 4.27. The SMILES string of the molecule is CNC(=O)CN(C)C(=O)c1cc2c(s1)N(CC1CC1)CCCC2. The van der Waals surface area contributed by atoms with Gasteiger partial charge >= 0.3 is 0 Å². The predicted octanol–water partition coefficient (Wildman–Crippen LogP) is 2.12. The van der Waals surface area contributed by atoms with Crippen LogP contribution >= 0.6 is 11.3 Å². The lowest BCUT2D eigenvalue weighted by molar-refractivity contribution is -0.121. The van der Waals surface area contributed by atoms with Crippen molar-refractivity contribution < 1.29 is 9.59 Å². The molecular weight excluding hydrogens is 310 g/mol. The van der Waals surface area contributed by atoms with Crippen LogP contribution in [0.2, 0.25) is 0 Å². The number of hydrogen-bond acceptors (Lipinski definition) is 4. The Morgan fingerprint density at radius 3 is 2.87 bits per heavy atom. The molecule has 2 amide bonds. The van der Waals surface area contributed by atoms with Crippen LogP contribution < -0.4 is 10.2 Å². The van der Waals surface area contributed by atoms with E-state index in [4.69, 9.17) is 0 Å². The molecule has 0 atom stereocenters. The number of rotatable bonds is 5. The third-order valence-corrected chi connectivity index (χ3v) is 5.82. The summed E-state index contributed by atoms with van der Waals surface area (Å²) >= 11 is 1.60. The third kappa shape index (κ3) is 3.86. The van der Waals surface area contributed by atoms with Crippen LogP contribution in [0, 0.1) is 5.92 Å². The van der Waals surface area contributed by atoms with E-state index in [1.807, 2.05) is 6.07 Å². The van der Waals surface area contributed by atoms with Gasteiger partial charge in [-0.05, 0) is 49.7 Å². The van der Waals surface area contributed by atoms with Crippen molar-refractivity contribution in [3.63, 3.8) is 0 Å². The molecule has 0 bridgehead atoms. The van der Waals surface area contributed by atoms with Crippen LogP contribution in [0.3, 0.4) is 0 Å². The standard InChI is InChI=1S/C17H25N3O2S/c1-18-15(21)11-19(2)16(22)14-9-13-5-3-4-8-20(17(13)23-14)10-12-6-7-12/h9,12H,3-8,10-11H2,1-2H3,(H,18,21). The van der Waals surface area contributed by atoms with Crippen LogP contribution in [0.15, 0.2) is 6.07 Å². The summed E-state index contributed by atoms with van der Waals surface area (Å²) in [6.07, 6.45) is 6.16. The van der Waals surface area contributed by atoms with Gasteiger partial charge in [0.2, 0.25) is 5.91 Å². The van der Waals surface area contributed by atoms with Crippen molar-refractivity contribution in [1.29, 1.82) is 0 Å². The first kappa shape index (κ1) is 16.3. The molecule has 126 valence electrons. The van der Waals surface area contributed by atoms with E-state index in [-0.39, 0.29) is 18.4 Å². The molecular formula is C17H25N3O2S. The second-order valence-corrected chi connectivity index (χ2v) is 7.65. The Hall–Kier alpha value is -1.56. The van der Waals surface area contributed by atoms with Crippen molar-refractivity contribution in [3.05, 3.63) is 16.5 Å². The van der Waals surface area contributed by atoms with Gasteiger partial charge in [-0.15, -0.1) is 11.3 Å². The predicted molar refractivity (Wildman–Crippen MR) is 93.2 cm³/mol. The molecule has 1 aromatic rings. The Morgan fingerprint density at radius 1 is 1.39 bits per heavy atom. The summed E-state index contributed by atoms with van der Waals surface area (Å²) in [6.45, 7) is 2.34. The van der Waals surface area contributed by atoms with Gasteiger partial charge in [-0.3, -0.25) is 9.59 Å². The van der Waals surface area contributed by atoms with Gasteiger partial charge in [-0.1, -0.05) is 0 Å². The first-order valence-electron chi connectivity index (χ1n) is 8.42. The minimum atomic E-state index is -0.144. The van der Waals surface area contributed by atoms with Crippen molar-refractivity contribution in [2.75, 3.05) is 38.6 Å². The third-order valence-electron chi connectivity index (χ3n) is 4.59. The Morgan fingerprint density at radius 2 is 2.17 bits per heavy atom. The maximum atomic E-state index is 12.6. The van der Waals surface area contributed by atoms with E-state index in [2.05, 4.69) is 10.2 Å². The van der Waals surface area contributed by atoms with Crippen LogP contribution in [0.5, 0.6) is 0 Å². The molecule has 1 saturated carbocycles. The number of hydrogen-bond donors (Lipinski definition) is 1. The van der Waals surface area contributed by atoms with Gasteiger partial charge in [-0.25, -0.2) is 0 Å². The summed E-state index contributed by atoms with van der Waals surface area (Å²) in [7, 11) is 3.27. The largest absolute Gasteiger partial charge is 0.363 e. The number of likely N-dealkylation sites (N-methyl/N-ethyl adjacent to an activating group) is 2. The van der Waals surface area contributed by atoms with E-state index in [0.29, 0.717) is 0 Å². The molecule has 1 aliphatic heterocycles. The number of thiophene rings is 1. The Kier molecular flexibility index (Phi) is 4.90. The average Bonchev–Trinajstić information content (AvgIpc) is 3.30. The number of nitrogens with zero attached hydrogens (tertiary/aromatic N) is 2. The molecule has 0 aromatic carbocycles. The van der Waals surface area contributed by atoms with E-state index in [1.165, 1.54) is 41.1 Å². The Labute approximate surface area is 141 Å². The minimum Gasteiger partial charge on any atom is -0.363 e. The first-order chi connectivity index (χ1) is 11.1. The lowest BCUT2D eigenvalue weighted by Crippen LogP contribution is -2.36. The molecule has 23 heavy (non-hydrogen) atoms. The van der Waals surface area contributed by atoms with Gasteiger partial charge in [0.1, 0.15) is 0 Å². The lowest BCUT2D eigenvalue weighted by Gasteiger charge is -2.22. The fraction of sp³-hybridized carbons (Fsp3) is 0.647. The zero-order valence-electron chi connectivity index (χ0n) is 13.9. The molecule has 1 fully saturated rings. The van der Waals surface area contributed by atoms with Gasteiger partial charge < -0.3 is 15.1 Å². The molecule has 2 heterocycles. The molecule has 0 spiro atoms. The summed E-state index contributed by atoms with van der Waals surface area (Å²) in [6, 6.07) is 2.05. The zero-order valence-corrected chi connectivity index (χ0v) is 14.7. The van der Waals surface area contributed by atoms with Gasteiger partial charge in [0.25, 0.3) is 5.91 Å².